The number of likely N-dealkylation sites (tertiary alicyclic amines) is 1. The van der Waals surface area contributed by atoms with Gasteiger partial charge in [-0.05, 0) is 57.0 Å². The number of hydrogen-bond acceptors (Lipinski definition) is 5. The number of aromatic nitrogens is 1. The van der Waals surface area contributed by atoms with E-state index in [1.165, 1.54) is 25.0 Å². The van der Waals surface area contributed by atoms with E-state index in [2.05, 4.69) is 20.5 Å². The van der Waals surface area contributed by atoms with E-state index in [1.54, 1.807) is 24.9 Å². The van der Waals surface area contributed by atoms with Crippen molar-refractivity contribution in [2.45, 2.75) is 63.2 Å². The molecule has 1 aromatic heterocycles. The highest BCUT2D eigenvalue weighted by molar-refractivity contribution is 5.97. The molecule has 3 atom stereocenters. The van der Waals surface area contributed by atoms with Crippen LogP contribution >= 0.6 is 0 Å². The van der Waals surface area contributed by atoms with E-state index in [0.29, 0.717) is 12.6 Å². The Morgan fingerprint density at radius 2 is 2.03 bits per heavy atom. The van der Waals surface area contributed by atoms with E-state index in [1.807, 2.05) is 6.20 Å². The van der Waals surface area contributed by atoms with Gasteiger partial charge < -0.3 is 25.6 Å². The fourth-order valence-electron chi connectivity index (χ4n) is 5.97. The van der Waals surface area contributed by atoms with Crippen LogP contribution in [0.4, 0.5) is 4.39 Å². The molecule has 0 bridgehead atoms. The number of halogens is 1. The van der Waals surface area contributed by atoms with Crippen molar-refractivity contribution in [1.29, 1.82) is 0 Å². The van der Waals surface area contributed by atoms with E-state index in [4.69, 9.17) is 0 Å². The van der Waals surface area contributed by atoms with Crippen molar-refractivity contribution >= 4 is 28.3 Å². The zero-order valence-corrected chi connectivity index (χ0v) is 20.3. The summed E-state index contributed by atoms with van der Waals surface area (Å²) in [6.07, 6.45) is 7.47. The summed E-state index contributed by atoms with van der Waals surface area (Å²) in [7, 11) is 1.67. The third-order valence-electron chi connectivity index (χ3n) is 7.93. The molecule has 3 aliphatic rings. The Morgan fingerprint density at radius 3 is 2.74 bits per heavy atom. The van der Waals surface area contributed by atoms with E-state index in [9.17, 15) is 19.1 Å². The Balaban J connectivity index is 1.51. The molecular formula is C26H34FN5O3. The molecule has 188 valence electrons. The van der Waals surface area contributed by atoms with Crippen LogP contribution in [0.3, 0.4) is 0 Å². The Bertz CT molecular complexity index is 1160. The maximum absolute atomic E-state index is 13.8. The highest BCUT2D eigenvalue weighted by Gasteiger charge is 2.46. The topological polar surface area (TPSA) is 101 Å². The summed E-state index contributed by atoms with van der Waals surface area (Å²) in [6, 6.07) is 3.85. The number of hydrogen-bond donors (Lipinski definition) is 4. The molecule has 8 nitrogen and oxygen atoms in total. The molecule has 2 amide bonds. The lowest BCUT2D eigenvalue weighted by molar-refractivity contribution is -0.135. The third-order valence-corrected chi connectivity index (χ3v) is 7.93. The first kappa shape index (κ1) is 24.0. The molecule has 0 radical (unpaired) electrons. The normalized spacial score (nSPS) is 22.7. The first-order chi connectivity index (χ1) is 16.9. The average Bonchev–Trinajstić information content (AvgIpc) is 3.65. The molecule has 1 aromatic carbocycles. The monoisotopic (exact) mass is 483 g/mol. The molecule has 2 aliphatic heterocycles. The Kier molecular flexibility index (Phi) is 6.65. The van der Waals surface area contributed by atoms with Gasteiger partial charge in [-0.25, -0.2) is 4.39 Å². The van der Waals surface area contributed by atoms with E-state index in [0.717, 1.165) is 53.5 Å². The minimum Gasteiger partial charge on any atom is -0.394 e. The molecule has 35 heavy (non-hydrogen) atoms. The summed E-state index contributed by atoms with van der Waals surface area (Å²) in [4.78, 5) is 33.6. The largest absolute Gasteiger partial charge is 0.394 e. The zero-order valence-electron chi connectivity index (χ0n) is 20.3. The van der Waals surface area contributed by atoms with Crippen LogP contribution in [-0.2, 0) is 9.59 Å². The molecule has 5 rings (SSSR count). The van der Waals surface area contributed by atoms with Gasteiger partial charge in [0.2, 0.25) is 5.91 Å². The van der Waals surface area contributed by atoms with Crippen LogP contribution in [0.2, 0.25) is 0 Å². The summed E-state index contributed by atoms with van der Waals surface area (Å²) in [5.74, 6) is -0.920. The molecule has 9 heteroatoms. The number of aliphatic hydroxyl groups excluding tert-OH is 1. The van der Waals surface area contributed by atoms with Crippen LogP contribution in [0.5, 0.6) is 0 Å². The Labute approximate surface area is 204 Å². The minimum absolute atomic E-state index is 0.119. The third kappa shape index (κ3) is 4.26. The highest BCUT2D eigenvalue weighted by Crippen LogP contribution is 2.44. The SMILES string of the molecule is CNC(C)C(=O)NC(CO)C(=O)N1CCC2C1=C(c1c[nH]c3cc(F)ccc13)CN2C1CCCC1. The van der Waals surface area contributed by atoms with E-state index in [-0.39, 0.29) is 23.7 Å². The van der Waals surface area contributed by atoms with Crippen LogP contribution in [0, 0.1) is 5.82 Å². The number of fused-ring (bicyclic) bond motifs is 2. The van der Waals surface area contributed by atoms with Gasteiger partial charge in [-0.2, -0.15) is 0 Å². The fraction of sp³-hybridized carbons (Fsp3) is 0.538. The number of aromatic amines is 1. The Morgan fingerprint density at radius 1 is 1.26 bits per heavy atom. The maximum Gasteiger partial charge on any atom is 0.251 e. The molecule has 1 saturated carbocycles. The number of amides is 2. The summed E-state index contributed by atoms with van der Waals surface area (Å²) in [5, 5.41) is 16.5. The second-order valence-electron chi connectivity index (χ2n) is 9.92. The summed E-state index contributed by atoms with van der Waals surface area (Å²) < 4.78 is 13.8. The number of nitrogens with zero attached hydrogens (tertiary/aromatic N) is 2. The van der Waals surface area contributed by atoms with Crippen molar-refractivity contribution in [3.8, 4) is 0 Å². The molecule has 2 fully saturated rings. The number of rotatable bonds is 7. The second kappa shape index (κ2) is 9.72. The van der Waals surface area contributed by atoms with Crippen molar-refractivity contribution in [3.05, 3.63) is 41.5 Å². The van der Waals surface area contributed by atoms with Crippen molar-refractivity contribution in [1.82, 2.24) is 25.4 Å². The van der Waals surface area contributed by atoms with Gasteiger partial charge in [0.1, 0.15) is 11.9 Å². The predicted octanol–water partition coefficient (Wildman–Crippen LogP) is 1.96. The van der Waals surface area contributed by atoms with Gasteiger partial charge in [-0.15, -0.1) is 0 Å². The van der Waals surface area contributed by atoms with E-state index < -0.39 is 18.7 Å². The van der Waals surface area contributed by atoms with Gasteiger partial charge in [0.25, 0.3) is 5.91 Å². The molecule has 1 saturated heterocycles. The van der Waals surface area contributed by atoms with Crippen LogP contribution in [0.1, 0.15) is 44.6 Å². The van der Waals surface area contributed by atoms with Crippen LogP contribution in [0.25, 0.3) is 16.5 Å². The van der Waals surface area contributed by atoms with Crippen LogP contribution in [-0.4, -0.2) is 82.6 Å². The number of H-pyrrole nitrogens is 1. The fourth-order valence-corrected chi connectivity index (χ4v) is 5.97. The quantitative estimate of drug-likeness (QED) is 0.483. The number of benzene rings is 1. The van der Waals surface area contributed by atoms with Crippen molar-refractivity contribution in [2.75, 3.05) is 26.7 Å². The van der Waals surface area contributed by atoms with Crippen LogP contribution < -0.4 is 10.6 Å². The average molecular weight is 484 g/mol. The number of aliphatic hydroxyl groups is 1. The molecule has 1 aliphatic carbocycles. The lowest BCUT2D eigenvalue weighted by atomic mass is 10.0. The van der Waals surface area contributed by atoms with E-state index >= 15 is 0 Å². The summed E-state index contributed by atoms with van der Waals surface area (Å²) in [5.41, 5.74) is 3.73. The van der Waals surface area contributed by atoms with Gasteiger partial charge in [0.05, 0.1) is 18.7 Å². The Hall–Kier alpha value is -2.75. The minimum atomic E-state index is -1.01. The van der Waals surface area contributed by atoms with Gasteiger partial charge >= 0.3 is 0 Å². The molecule has 4 N–H and O–H groups in total. The highest BCUT2D eigenvalue weighted by atomic mass is 19.1. The lowest BCUT2D eigenvalue weighted by Gasteiger charge is -2.29. The van der Waals surface area contributed by atoms with Gasteiger partial charge in [0, 0.05) is 47.5 Å². The number of carbonyl (C=O) groups is 2. The second-order valence-corrected chi connectivity index (χ2v) is 9.92. The molecule has 3 heterocycles. The van der Waals surface area contributed by atoms with Crippen LogP contribution in [0.15, 0.2) is 30.1 Å². The lowest BCUT2D eigenvalue weighted by Crippen LogP contribution is -2.53. The number of likely N-dealkylation sites (N-methyl/N-ethyl adjacent to an activating group) is 1. The number of carbonyl (C=O) groups excluding carboxylic acids is 2. The summed E-state index contributed by atoms with van der Waals surface area (Å²) >= 11 is 0. The van der Waals surface area contributed by atoms with Gasteiger partial charge in [0.15, 0.2) is 0 Å². The molecule has 3 unspecified atom stereocenters. The van der Waals surface area contributed by atoms with Crippen molar-refractivity contribution in [3.63, 3.8) is 0 Å². The smallest absolute Gasteiger partial charge is 0.251 e. The molecule has 0 spiro atoms. The predicted molar refractivity (Wildman–Crippen MR) is 132 cm³/mol. The van der Waals surface area contributed by atoms with Crippen molar-refractivity contribution in [2.24, 2.45) is 0 Å². The van der Waals surface area contributed by atoms with Gasteiger partial charge in [-0.1, -0.05) is 12.8 Å². The standard InChI is InChI=1S/C26H34FN5O3/c1-15(28-2)25(34)30-22(14-33)26(35)31-10-9-23-24(31)20(13-32(23)17-5-3-4-6-17)19-12-29-21-11-16(27)7-8-18(19)21/h7-8,11-12,15,17,22-23,28-29,33H,3-6,9-10,13-14H2,1-2H3,(H,30,34). The first-order valence-corrected chi connectivity index (χ1v) is 12.6. The zero-order chi connectivity index (χ0) is 24.7. The number of nitrogens with one attached hydrogen (secondary N) is 3. The maximum atomic E-state index is 13.8. The summed E-state index contributed by atoms with van der Waals surface area (Å²) in [6.45, 7) is 2.50. The first-order valence-electron chi connectivity index (χ1n) is 12.6. The van der Waals surface area contributed by atoms with Crippen molar-refractivity contribution < 1.29 is 19.1 Å². The molecular weight excluding hydrogens is 449 g/mol. The van der Waals surface area contributed by atoms with Gasteiger partial charge in [-0.3, -0.25) is 14.5 Å². The molecule has 2 aromatic rings.